The van der Waals surface area contributed by atoms with Gasteiger partial charge in [-0.05, 0) is 55.5 Å². The molecule has 0 bridgehead atoms. The van der Waals surface area contributed by atoms with Gasteiger partial charge in [0.25, 0.3) is 0 Å². The van der Waals surface area contributed by atoms with Gasteiger partial charge in [-0.2, -0.15) is 0 Å². The molecule has 40 heavy (non-hydrogen) atoms. The van der Waals surface area contributed by atoms with E-state index in [9.17, 15) is 30.0 Å². The van der Waals surface area contributed by atoms with Gasteiger partial charge in [0.1, 0.15) is 23.7 Å². The van der Waals surface area contributed by atoms with Crippen molar-refractivity contribution in [3.63, 3.8) is 0 Å². The Labute approximate surface area is 241 Å². The Morgan fingerprint density at radius 3 is 2.30 bits per heavy atom. The maximum Gasteiger partial charge on any atom is 0.348 e. The highest BCUT2D eigenvalue weighted by atomic mass is 32.1. The zero-order valence-corrected chi connectivity index (χ0v) is 24.4. The van der Waals surface area contributed by atoms with Gasteiger partial charge in [0, 0.05) is 30.1 Å². The standard InChI is InChI=1S/C16H23NO2.C14H22O6S/c1-2-3-4-6-15(18)13-8-10-14(11-9-13)17-12-5-7-16(17)19;1-2-3-9-4-5-12(21-9)14(19)20-8-11(17)13(18)10(16)6-7-15/h8-11,15,18H,2-7,12H2,1H3;4-5,10-11,13,15-18H,2-3,6-8H2,1H3/t15-;/m0./s1. The minimum atomic E-state index is -1.47. The molecule has 2 aromatic rings. The normalized spacial score (nSPS) is 16.2. The second-order valence-corrected chi connectivity index (χ2v) is 11.2. The maximum atomic E-state index is 11.8. The van der Waals surface area contributed by atoms with E-state index in [1.165, 1.54) is 17.8 Å². The summed E-state index contributed by atoms with van der Waals surface area (Å²) in [7, 11) is 0. The van der Waals surface area contributed by atoms with E-state index in [2.05, 4.69) is 6.92 Å². The van der Waals surface area contributed by atoms with Gasteiger partial charge in [-0.15, -0.1) is 11.3 Å². The number of aliphatic hydroxyl groups is 5. The van der Waals surface area contributed by atoms with Crippen LogP contribution in [0.4, 0.5) is 5.69 Å². The number of aliphatic hydroxyl groups excluding tert-OH is 5. The summed E-state index contributed by atoms with van der Waals surface area (Å²) < 4.78 is 4.92. The zero-order valence-electron chi connectivity index (χ0n) is 23.6. The molecule has 1 aliphatic rings. The Balaban J connectivity index is 0.000000281. The van der Waals surface area contributed by atoms with Crippen LogP contribution >= 0.6 is 11.3 Å². The van der Waals surface area contributed by atoms with Gasteiger partial charge in [0.05, 0.1) is 12.2 Å². The third kappa shape index (κ3) is 10.9. The largest absolute Gasteiger partial charge is 0.459 e. The molecule has 0 aliphatic carbocycles. The van der Waals surface area contributed by atoms with Crippen molar-refractivity contribution in [2.45, 2.75) is 96.1 Å². The molecule has 2 heterocycles. The van der Waals surface area contributed by atoms with Crippen molar-refractivity contribution in [2.75, 3.05) is 24.7 Å². The van der Waals surface area contributed by atoms with Gasteiger partial charge in [0.15, 0.2) is 0 Å². The summed E-state index contributed by atoms with van der Waals surface area (Å²) in [6, 6.07) is 11.3. The second kappa shape index (κ2) is 18.2. The molecule has 10 heteroatoms. The number of hydrogen-bond acceptors (Lipinski definition) is 9. The van der Waals surface area contributed by atoms with Crippen molar-refractivity contribution in [2.24, 2.45) is 0 Å². The minimum Gasteiger partial charge on any atom is -0.459 e. The first-order valence-electron chi connectivity index (χ1n) is 14.2. The first-order valence-corrected chi connectivity index (χ1v) is 15.0. The van der Waals surface area contributed by atoms with Gasteiger partial charge in [0.2, 0.25) is 5.91 Å². The van der Waals surface area contributed by atoms with Gasteiger partial charge in [-0.25, -0.2) is 4.79 Å². The lowest BCUT2D eigenvalue weighted by molar-refractivity contribution is -0.117. The summed E-state index contributed by atoms with van der Waals surface area (Å²) in [6.45, 7) is 4.31. The molecule has 0 saturated carbocycles. The number of nitrogens with zero attached hydrogens (tertiary/aromatic N) is 1. The summed E-state index contributed by atoms with van der Waals surface area (Å²) in [4.78, 5) is 26.8. The number of rotatable bonds is 15. The number of esters is 1. The fraction of sp³-hybridized carbons (Fsp3) is 0.600. The van der Waals surface area contributed by atoms with Crippen molar-refractivity contribution in [3.8, 4) is 0 Å². The molecule has 3 rings (SSSR count). The van der Waals surface area contributed by atoms with Crippen LogP contribution in [0.15, 0.2) is 36.4 Å². The number of carbonyl (C=O) groups is 2. The first kappa shape index (κ1) is 33.9. The Bertz CT molecular complexity index is 1010. The van der Waals surface area contributed by atoms with Crippen LogP contribution in [0.5, 0.6) is 0 Å². The lowest BCUT2D eigenvalue weighted by atomic mass is 10.0. The summed E-state index contributed by atoms with van der Waals surface area (Å²) in [5.74, 6) is -0.360. The van der Waals surface area contributed by atoms with Gasteiger partial charge >= 0.3 is 5.97 Å². The minimum absolute atomic E-state index is 0.0581. The number of thiophene rings is 1. The average Bonchev–Trinajstić information content (AvgIpc) is 3.61. The summed E-state index contributed by atoms with van der Waals surface area (Å²) >= 11 is 1.34. The molecule has 5 N–H and O–H groups in total. The molecule has 1 aliphatic heterocycles. The fourth-order valence-electron chi connectivity index (χ4n) is 4.31. The number of carbonyl (C=O) groups excluding carboxylic acids is 2. The summed E-state index contributed by atoms with van der Waals surface area (Å²) in [6.07, 6.45) is 3.12. The molecule has 1 aromatic carbocycles. The van der Waals surface area contributed by atoms with Gasteiger partial charge in [-0.3, -0.25) is 4.79 Å². The van der Waals surface area contributed by atoms with Crippen LogP contribution in [0.3, 0.4) is 0 Å². The molecule has 1 aromatic heterocycles. The number of ether oxygens (including phenoxy) is 1. The topological polar surface area (TPSA) is 148 Å². The number of amides is 1. The molecular weight excluding hydrogens is 534 g/mol. The molecule has 0 spiro atoms. The molecule has 0 radical (unpaired) electrons. The Morgan fingerprint density at radius 2 is 1.70 bits per heavy atom. The Kier molecular flexibility index (Phi) is 15.4. The van der Waals surface area contributed by atoms with Crippen molar-refractivity contribution in [1.82, 2.24) is 0 Å². The number of anilines is 1. The smallest absolute Gasteiger partial charge is 0.348 e. The molecule has 1 amide bonds. The maximum absolute atomic E-state index is 11.8. The van der Waals surface area contributed by atoms with E-state index in [4.69, 9.17) is 9.84 Å². The van der Waals surface area contributed by atoms with Crippen LogP contribution < -0.4 is 4.90 Å². The predicted molar refractivity (Wildman–Crippen MR) is 155 cm³/mol. The quantitative estimate of drug-likeness (QED) is 0.158. The molecule has 224 valence electrons. The SMILES string of the molecule is CCCCC[C@H](O)c1ccc(N2CCCC2=O)cc1.CCCc1ccc(C(=O)OCC(O)C(O)C(O)CCO)s1. The number of aryl methyl sites for hydroxylation is 1. The van der Waals surface area contributed by atoms with Gasteiger partial charge < -0.3 is 35.2 Å². The van der Waals surface area contributed by atoms with E-state index in [-0.39, 0.29) is 25.0 Å². The Hall–Kier alpha value is -2.34. The van der Waals surface area contributed by atoms with E-state index in [0.717, 1.165) is 61.2 Å². The zero-order chi connectivity index (χ0) is 29.5. The van der Waals surface area contributed by atoms with Crippen LogP contribution in [0, 0.1) is 0 Å². The van der Waals surface area contributed by atoms with E-state index in [1.807, 2.05) is 42.2 Å². The number of benzene rings is 1. The number of unbranched alkanes of at least 4 members (excludes halogenated alkanes) is 2. The van der Waals surface area contributed by atoms with Crippen molar-refractivity contribution < 1.29 is 39.9 Å². The molecule has 1 fully saturated rings. The predicted octanol–water partition coefficient (Wildman–Crippen LogP) is 3.75. The van der Waals surface area contributed by atoms with E-state index >= 15 is 0 Å². The first-order chi connectivity index (χ1) is 19.2. The number of hydrogen-bond donors (Lipinski definition) is 5. The monoisotopic (exact) mass is 579 g/mol. The molecule has 4 atom stereocenters. The fourth-order valence-corrected chi connectivity index (χ4v) is 5.31. The molecular formula is C30H45NO8S. The van der Waals surface area contributed by atoms with E-state index < -0.39 is 30.9 Å². The van der Waals surface area contributed by atoms with Crippen LogP contribution in [0.1, 0.15) is 91.4 Å². The van der Waals surface area contributed by atoms with Crippen molar-refractivity contribution >= 4 is 28.9 Å². The summed E-state index contributed by atoms with van der Waals surface area (Å²) in [5, 5.41) is 47.4. The lowest BCUT2D eigenvalue weighted by Crippen LogP contribution is -2.40. The van der Waals surface area contributed by atoms with Crippen LogP contribution in [0.25, 0.3) is 0 Å². The highest BCUT2D eigenvalue weighted by Crippen LogP contribution is 2.25. The third-order valence-corrected chi connectivity index (χ3v) is 7.83. The van der Waals surface area contributed by atoms with Crippen molar-refractivity contribution in [1.29, 1.82) is 0 Å². The van der Waals surface area contributed by atoms with E-state index in [0.29, 0.717) is 11.3 Å². The highest BCUT2D eigenvalue weighted by Gasteiger charge is 2.26. The average molecular weight is 580 g/mol. The van der Waals surface area contributed by atoms with Crippen LogP contribution in [-0.2, 0) is 16.0 Å². The van der Waals surface area contributed by atoms with Crippen LogP contribution in [-0.4, -0.2) is 75.5 Å². The van der Waals surface area contributed by atoms with Crippen LogP contribution in [0.2, 0.25) is 0 Å². The molecule has 9 nitrogen and oxygen atoms in total. The summed E-state index contributed by atoms with van der Waals surface area (Å²) in [5.41, 5.74) is 1.90. The Morgan fingerprint density at radius 1 is 0.975 bits per heavy atom. The molecule has 1 saturated heterocycles. The van der Waals surface area contributed by atoms with E-state index in [1.54, 1.807) is 6.07 Å². The lowest BCUT2D eigenvalue weighted by Gasteiger charge is -2.21. The van der Waals surface area contributed by atoms with Crippen molar-refractivity contribution in [3.05, 3.63) is 51.7 Å². The second-order valence-electron chi connectivity index (χ2n) is 10.0. The molecule has 3 unspecified atom stereocenters. The highest BCUT2D eigenvalue weighted by molar-refractivity contribution is 7.13. The third-order valence-electron chi connectivity index (χ3n) is 6.70. The van der Waals surface area contributed by atoms with Gasteiger partial charge in [-0.1, -0.05) is 51.7 Å².